The summed E-state index contributed by atoms with van der Waals surface area (Å²) in [5.41, 5.74) is 0.818. The normalized spacial score (nSPS) is 15.1. The van der Waals surface area contributed by atoms with Crippen LogP contribution in [-0.4, -0.2) is 19.0 Å². The Kier molecular flexibility index (Phi) is 4.25. The third-order valence-electron chi connectivity index (χ3n) is 4.01. The number of ether oxygens (including phenoxy) is 2. The van der Waals surface area contributed by atoms with E-state index in [0.29, 0.717) is 27.3 Å². The second-order valence-electron chi connectivity index (χ2n) is 5.70. The molecule has 0 atom stereocenters. The van der Waals surface area contributed by atoms with Gasteiger partial charge >= 0.3 is 5.97 Å². The number of aliphatic imine (C=N–C) groups is 1. The number of hydrogen-bond acceptors (Lipinski definition) is 6. The van der Waals surface area contributed by atoms with Gasteiger partial charge in [0.1, 0.15) is 17.6 Å². The summed E-state index contributed by atoms with van der Waals surface area (Å²) >= 11 is 6.01. The summed E-state index contributed by atoms with van der Waals surface area (Å²) < 4.78 is 15.9. The highest BCUT2D eigenvalue weighted by Gasteiger charge is 2.27. The molecule has 0 radical (unpaired) electrons. The number of benzene rings is 2. The first-order valence-electron chi connectivity index (χ1n) is 7.94. The van der Waals surface area contributed by atoms with Gasteiger partial charge in [-0.25, -0.2) is 9.79 Å². The first-order valence-corrected chi connectivity index (χ1v) is 8.31. The van der Waals surface area contributed by atoms with Gasteiger partial charge in [0.2, 0.25) is 5.90 Å². The highest BCUT2D eigenvalue weighted by molar-refractivity contribution is 6.31. The molecule has 0 unspecified atom stereocenters. The Hall–Kier alpha value is -3.38. The van der Waals surface area contributed by atoms with Gasteiger partial charge in [-0.1, -0.05) is 23.7 Å². The quantitative estimate of drug-likeness (QED) is 0.509. The highest BCUT2D eigenvalue weighted by atomic mass is 35.5. The molecule has 0 bridgehead atoms. The van der Waals surface area contributed by atoms with E-state index < -0.39 is 5.97 Å². The van der Waals surface area contributed by atoms with Crippen molar-refractivity contribution in [3.8, 4) is 5.75 Å². The Morgan fingerprint density at radius 1 is 1.15 bits per heavy atom. The number of rotatable bonds is 3. The van der Waals surface area contributed by atoms with E-state index in [2.05, 4.69) is 4.99 Å². The van der Waals surface area contributed by atoms with Crippen LogP contribution in [0, 0.1) is 0 Å². The molecule has 134 valence electrons. The molecular formula is C20H12ClNO5. The molecule has 1 aromatic heterocycles. The fraction of sp³-hybridized carbons (Fsp3) is 0.0500. The van der Waals surface area contributed by atoms with Gasteiger partial charge in [0.05, 0.1) is 23.6 Å². The van der Waals surface area contributed by atoms with Gasteiger partial charge in [-0.2, -0.15) is 0 Å². The molecule has 0 fully saturated rings. The maximum absolute atomic E-state index is 12.6. The second-order valence-corrected chi connectivity index (χ2v) is 6.13. The van der Waals surface area contributed by atoms with Gasteiger partial charge in [0.25, 0.3) is 0 Å². The predicted octanol–water partition coefficient (Wildman–Crippen LogP) is 3.80. The Bertz CT molecular complexity index is 1190. The first kappa shape index (κ1) is 17.1. The zero-order chi connectivity index (χ0) is 19.0. The van der Waals surface area contributed by atoms with E-state index in [1.165, 1.54) is 19.4 Å². The molecule has 7 heteroatoms. The number of hydrogen-bond donors (Lipinski definition) is 0. The number of methoxy groups -OCH3 is 1. The van der Waals surface area contributed by atoms with Gasteiger partial charge in [-0.15, -0.1) is 0 Å². The molecule has 4 rings (SSSR count). The minimum absolute atomic E-state index is 0.0189. The van der Waals surface area contributed by atoms with E-state index in [-0.39, 0.29) is 22.6 Å². The zero-order valence-electron chi connectivity index (χ0n) is 14.1. The molecule has 0 saturated heterocycles. The molecule has 27 heavy (non-hydrogen) atoms. The number of esters is 1. The van der Waals surface area contributed by atoms with Gasteiger partial charge in [0.15, 0.2) is 11.1 Å². The smallest absolute Gasteiger partial charge is 0.363 e. The van der Waals surface area contributed by atoms with Crippen LogP contribution >= 0.6 is 11.6 Å². The number of nitrogens with zero attached hydrogens (tertiary/aromatic N) is 1. The van der Waals surface area contributed by atoms with Crippen molar-refractivity contribution in [2.45, 2.75) is 0 Å². The number of para-hydroxylation sites is 1. The number of fused-ring (bicyclic) bond motifs is 1. The lowest BCUT2D eigenvalue weighted by Crippen LogP contribution is -2.08. The maximum atomic E-state index is 12.6. The van der Waals surface area contributed by atoms with Gasteiger partial charge in [-0.05, 0) is 36.4 Å². The lowest BCUT2D eigenvalue weighted by atomic mass is 10.1. The first-order chi connectivity index (χ1) is 13.1. The van der Waals surface area contributed by atoms with Crippen LogP contribution in [0.25, 0.3) is 17.0 Å². The van der Waals surface area contributed by atoms with E-state index >= 15 is 0 Å². The lowest BCUT2D eigenvalue weighted by Gasteiger charge is -2.07. The molecule has 0 spiro atoms. The van der Waals surface area contributed by atoms with Gasteiger partial charge < -0.3 is 13.9 Å². The molecule has 2 heterocycles. The van der Waals surface area contributed by atoms with Crippen molar-refractivity contribution in [2.24, 2.45) is 4.99 Å². The zero-order valence-corrected chi connectivity index (χ0v) is 14.8. The summed E-state index contributed by atoms with van der Waals surface area (Å²) in [6, 6.07) is 11.7. The molecule has 0 saturated carbocycles. The predicted molar refractivity (Wildman–Crippen MR) is 101 cm³/mol. The SMILES string of the molecule is COc1ccc(Cl)cc1C1=N/C(=C\c2coc3ccccc3c2=O)C(=O)O1. The number of halogens is 1. The third kappa shape index (κ3) is 3.11. The fourth-order valence-corrected chi connectivity index (χ4v) is 2.88. The number of carbonyl (C=O) groups is 1. The molecular weight excluding hydrogens is 370 g/mol. The van der Waals surface area contributed by atoms with E-state index in [1.54, 1.807) is 42.5 Å². The Morgan fingerprint density at radius 2 is 1.96 bits per heavy atom. The summed E-state index contributed by atoms with van der Waals surface area (Å²) in [4.78, 5) is 29.0. The van der Waals surface area contributed by atoms with Crippen molar-refractivity contribution < 1.29 is 18.7 Å². The average Bonchev–Trinajstić information content (AvgIpc) is 3.04. The van der Waals surface area contributed by atoms with Crippen LogP contribution in [0.2, 0.25) is 5.02 Å². The van der Waals surface area contributed by atoms with E-state index in [1.807, 2.05) is 0 Å². The average molecular weight is 382 g/mol. The number of carbonyl (C=O) groups excluding carboxylic acids is 1. The second kappa shape index (κ2) is 6.74. The Labute approximate surface area is 158 Å². The summed E-state index contributed by atoms with van der Waals surface area (Å²) in [5, 5.41) is 0.857. The van der Waals surface area contributed by atoms with Crippen molar-refractivity contribution in [2.75, 3.05) is 7.11 Å². The molecule has 2 aromatic carbocycles. The van der Waals surface area contributed by atoms with Crippen LogP contribution in [0.15, 0.2) is 68.6 Å². The van der Waals surface area contributed by atoms with Gasteiger partial charge in [-0.3, -0.25) is 4.79 Å². The van der Waals surface area contributed by atoms with Crippen molar-refractivity contribution in [1.29, 1.82) is 0 Å². The summed E-state index contributed by atoms with van der Waals surface area (Å²) in [6.07, 6.45) is 2.63. The summed E-state index contributed by atoms with van der Waals surface area (Å²) in [5.74, 6) is -0.173. The van der Waals surface area contributed by atoms with Crippen LogP contribution in [0.1, 0.15) is 11.1 Å². The van der Waals surface area contributed by atoms with Crippen LogP contribution in [0.5, 0.6) is 5.75 Å². The van der Waals surface area contributed by atoms with E-state index in [9.17, 15) is 9.59 Å². The third-order valence-corrected chi connectivity index (χ3v) is 4.25. The molecule has 0 amide bonds. The van der Waals surface area contributed by atoms with Crippen LogP contribution in [0.4, 0.5) is 0 Å². The van der Waals surface area contributed by atoms with E-state index in [4.69, 9.17) is 25.5 Å². The Morgan fingerprint density at radius 3 is 2.78 bits per heavy atom. The van der Waals surface area contributed by atoms with Crippen molar-refractivity contribution in [3.05, 3.63) is 80.8 Å². The Balaban J connectivity index is 1.79. The van der Waals surface area contributed by atoms with Crippen LogP contribution in [-0.2, 0) is 9.53 Å². The topological polar surface area (TPSA) is 78.1 Å². The van der Waals surface area contributed by atoms with Crippen LogP contribution < -0.4 is 10.2 Å². The summed E-state index contributed by atoms with van der Waals surface area (Å²) in [7, 11) is 1.49. The molecule has 6 nitrogen and oxygen atoms in total. The molecule has 0 N–H and O–H groups in total. The highest BCUT2D eigenvalue weighted by Crippen LogP contribution is 2.27. The minimum Gasteiger partial charge on any atom is -0.496 e. The van der Waals surface area contributed by atoms with Gasteiger partial charge in [0, 0.05) is 5.02 Å². The standard InChI is InChI=1S/C20H12ClNO5/c1-25-16-7-6-12(21)9-14(16)19-22-15(20(24)27-19)8-11-10-26-17-5-3-2-4-13(17)18(11)23/h2-10H,1H3/b15-8-. The molecule has 3 aromatic rings. The molecule has 1 aliphatic rings. The molecule has 0 aliphatic carbocycles. The maximum Gasteiger partial charge on any atom is 0.363 e. The fourth-order valence-electron chi connectivity index (χ4n) is 2.71. The van der Waals surface area contributed by atoms with Crippen molar-refractivity contribution in [3.63, 3.8) is 0 Å². The summed E-state index contributed by atoms with van der Waals surface area (Å²) in [6.45, 7) is 0. The van der Waals surface area contributed by atoms with Crippen molar-refractivity contribution >= 4 is 40.5 Å². The lowest BCUT2D eigenvalue weighted by molar-refractivity contribution is -0.129. The number of cyclic esters (lactones) is 1. The van der Waals surface area contributed by atoms with E-state index in [0.717, 1.165) is 0 Å². The largest absolute Gasteiger partial charge is 0.496 e. The van der Waals surface area contributed by atoms with Crippen molar-refractivity contribution in [1.82, 2.24) is 0 Å². The monoisotopic (exact) mass is 381 g/mol. The minimum atomic E-state index is -0.681. The van der Waals surface area contributed by atoms with Crippen LogP contribution in [0.3, 0.4) is 0 Å². The molecule has 1 aliphatic heterocycles.